The van der Waals surface area contributed by atoms with Crippen LogP contribution in [0.2, 0.25) is 0 Å². The predicted molar refractivity (Wildman–Crippen MR) is 83.0 cm³/mol. The average Bonchev–Trinajstić information content (AvgIpc) is 2.53. The van der Waals surface area contributed by atoms with Crippen molar-refractivity contribution in [3.05, 3.63) is 69.8 Å². The topological polar surface area (TPSA) is 92.5 Å². The quantitative estimate of drug-likeness (QED) is 0.486. The second-order valence-electron chi connectivity index (χ2n) is 4.84. The fourth-order valence-corrected chi connectivity index (χ4v) is 2.13. The van der Waals surface area contributed by atoms with Gasteiger partial charge in [-0.25, -0.2) is 0 Å². The molecule has 2 N–H and O–H groups in total. The maximum absolute atomic E-state index is 11.3. The van der Waals surface area contributed by atoms with Gasteiger partial charge >= 0.3 is 0 Å². The molecule has 22 heavy (non-hydrogen) atoms. The molecule has 2 rings (SSSR count). The van der Waals surface area contributed by atoms with Gasteiger partial charge in [0.2, 0.25) is 0 Å². The molecule has 0 unspecified atom stereocenters. The number of carbonyl (C=O) groups is 1. The van der Waals surface area contributed by atoms with E-state index in [9.17, 15) is 20.0 Å². The number of carbonyl (C=O) groups excluding carboxylic acids is 1. The molecule has 0 fully saturated rings. The molecule has 0 radical (unpaired) electrons. The van der Waals surface area contributed by atoms with Crippen molar-refractivity contribution in [2.75, 3.05) is 11.9 Å². The van der Waals surface area contributed by atoms with Gasteiger partial charge in [-0.3, -0.25) is 14.9 Å². The lowest BCUT2D eigenvalue weighted by Gasteiger charge is -2.18. The highest BCUT2D eigenvalue weighted by atomic mass is 16.6. The molecule has 0 amide bonds. The van der Waals surface area contributed by atoms with Crippen LogP contribution in [0, 0.1) is 10.1 Å². The number of rotatable bonds is 6. The molecule has 2 aromatic carbocycles. The lowest BCUT2D eigenvalue weighted by Crippen LogP contribution is -2.15. The van der Waals surface area contributed by atoms with Crippen molar-refractivity contribution in [1.29, 1.82) is 0 Å². The first kappa shape index (κ1) is 15.7. The Bertz CT molecular complexity index is 686. The third-order valence-corrected chi connectivity index (χ3v) is 3.32. The number of nitro groups is 1. The summed E-state index contributed by atoms with van der Waals surface area (Å²) >= 11 is 0. The Morgan fingerprint density at radius 2 is 1.95 bits per heavy atom. The molecule has 1 atom stereocenters. The van der Waals surface area contributed by atoms with Crippen molar-refractivity contribution >= 4 is 17.2 Å². The van der Waals surface area contributed by atoms with Gasteiger partial charge in [0.25, 0.3) is 5.69 Å². The van der Waals surface area contributed by atoms with Crippen LogP contribution in [0.4, 0.5) is 11.4 Å². The number of nitrogens with one attached hydrogen (secondary N) is 1. The number of nitro benzene ring substituents is 1. The summed E-state index contributed by atoms with van der Waals surface area (Å²) < 4.78 is 0. The Morgan fingerprint density at radius 1 is 1.27 bits per heavy atom. The van der Waals surface area contributed by atoms with Gasteiger partial charge in [0.05, 0.1) is 17.6 Å². The van der Waals surface area contributed by atoms with Crippen LogP contribution in [-0.4, -0.2) is 22.4 Å². The lowest BCUT2D eigenvalue weighted by molar-refractivity contribution is -0.384. The van der Waals surface area contributed by atoms with E-state index in [1.165, 1.54) is 25.1 Å². The first-order valence-corrected chi connectivity index (χ1v) is 6.74. The second-order valence-corrected chi connectivity index (χ2v) is 4.84. The molecular formula is C16H16N2O4. The molecule has 6 heteroatoms. The summed E-state index contributed by atoms with van der Waals surface area (Å²) in [6.45, 7) is 1.14. The van der Waals surface area contributed by atoms with Gasteiger partial charge in [-0.15, -0.1) is 0 Å². The third-order valence-electron chi connectivity index (χ3n) is 3.32. The van der Waals surface area contributed by atoms with Gasteiger partial charge < -0.3 is 10.4 Å². The van der Waals surface area contributed by atoms with E-state index in [4.69, 9.17) is 0 Å². The smallest absolute Gasteiger partial charge is 0.293 e. The SMILES string of the molecule is CC(=O)c1ccc(N[C@H](CO)c2ccccc2)c([N+](=O)[O-])c1. The lowest BCUT2D eigenvalue weighted by atomic mass is 10.1. The van der Waals surface area contributed by atoms with Gasteiger partial charge in [-0.2, -0.15) is 0 Å². The Balaban J connectivity index is 2.35. The van der Waals surface area contributed by atoms with Crippen LogP contribution < -0.4 is 5.32 Å². The van der Waals surface area contributed by atoms with Gasteiger partial charge in [-0.1, -0.05) is 30.3 Å². The van der Waals surface area contributed by atoms with Crippen LogP contribution in [0.25, 0.3) is 0 Å². The van der Waals surface area contributed by atoms with Crippen molar-refractivity contribution in [2.24, 2.45) is 0 Å². The normalized spacial score (nSPS) is 11.7. The number of ketones is 1. The first-order valence-electron chi connectivity index (χ1n) is 6.74. The first-order chi connectivity index (χ1) is 10.5. The molecule has 0 spiro atoms. The van der Waals surface area contributed by atoms with Crippen molar-refractivity contribution < 1.29 is 14.8 Å². The highest BCUT2D eigenvalue weighted by molar-refractivity contribution is 5.95. The Morgan fingerprint density at radius 3 is 2.50 bits per heavy atom. The van der Waals surface area contributed by atoms with E-state index < -0.39 is 11.0 Å². The van der Waals surface area contributed by atoms with E-state index in [-0.39, 0.29) is 29.3 Å². The van der Waals surface area contributed by atoms with E-state index in [0.29, 0.717) is 0 Å². The molecule has 0 bridgehead atoms. The fraction of sp³-hybridized carbons (Fsp3) is 0.188. The van der Waals surface area contributed by atoms with Crippen LogP contribution in [-0.2, 0) is 0 Å². The van der Waals surface area contributed by atoms with E-state index in [1.807, 2.05) is 30.3 Å². The minimum atomic E-state index is -0.547. The van der Waals surface area contributed by atoms with Gasteiger partial charge in [-0.05, 0) is 24.6 Å². The van der Waals surface area contributed by atoms with Crippen LogP contribution in [0.3, 0.4) is 0 Å². The van der Waals surface area contributed by atoms with Gasteiger partial charge in [0.1, 0.15) is 5.69 Å². The number of anilines is 1. The van der Waals surface area contributed by atoms with Gasteiger partial charge in [0.15, 0.2) is 5.78 Å². The van der Waals surface area contributed by atoms with E-state index in [1.54, 1.807) is 0 Å². The maximum atomic E-state index is 11.3. The van der Waals surface area contributed by atoms with Crippen LogP contribution >= 0.6 is 0 Å². The van der Waals surface area contributed by atoms with Crippen molar-refractivity contribution in [3.63, 3.8) is 0 Å². The summed E-state index contributed by atoms with van der Waals surface area (Å²) in [5.74, 6) is -0.239. The summed E-state index contributed by atoms with van der Waals surface area (Å²) in [5.41, 5.74) is 1.16. The zero-order valence-electron chi connectivity index (χ0n) is 12.0. The highest BCUT2D eigenvalue weighted by Crippen LogP contribution is 2.29. The fourth-order valence-electron chi connectivity index (χ4n) is 2.13. The zero-order chi connectivity index (χ0) is 16.1. The second kappa shape index (κ2) is 6.82. The van der Waals surface area contributed by atoms with Crippen molar-refractivity contribution in [3.8, 4) is 0 Å². The highest BCUT2D eigenvalue weighted by Gasteiger charge is 2.19. The van der Waals surface area contributed by atoms with Gasteiger partial charge in [0, 0.05) is 11.6 Å². The van der Waals surface area contributed by atoms with Crippen LogP contribution in [0.1, 0.15) is 28.9 Å². The maximum Gasteiger partial charge on any atom is 0.293 e. The summed E-state index contributed by atoms with van der Waals surface area (Å²) in [6, 6.07) is 12.9. The Kier molecular flexibility index (Phi) is 4.85. The monoisotopic (exact) mass is 300 g/mol. The molecule has 6 nitrogen and oxygen atoms in total. The Hall–Kier alpha value is -2.73. The molecule has 2 aromatic rings. The molecule has 0 aliphatic carbocycles. The summed E-state index contributed by atoms with van der Waals surface area (Å²) in [6.07, 6.45) is 0. The molecule has 0 saturated heterocycles. The number of hydrogen-bond donors (Lipinski definition) is 2. The van der Waals surface area contributed by atoms with Crippen molar-refractivity contribution in [1.82, 2.24) is 0 Å². The zero-order valence-corrected chi connectivity index (χ0v) is 12.0. The van der Waals surface area contributed by atoms with Crippen LogP contribution in [0.15, 0.2) is 48.5 Å². The third kappa shape index (κ3) is 3.48. The Labute approximate surface area is 127 Å². The molecule has 0 aromatic heterocycles. The number of benzene rings is 2. The number of hydrogen-bond acceptors (Lipinski definition) is 5. The minimum Gasteiger partial charge on any atom is -0.394 e. The van der Waals surface area contributed by atoms with E-state index in [0.717, 1.165) is 5.56 Å². The van der Waals surface area contributed by atoms with Crippen LogP contribution in [0.5, 0.6) is 0 Å². The largest absolute Gasteiger partial charge is 0.394 e. The average molecular weight is 300 g/mol. The molecule has 0 aliphatic rings. The van der Waals surface area contributed by atoms with E-state index in [2.05, 4.69) is 5.32 Å². The predicted octanol–water partition coefficient (Wildman–Crippen LogP) is 2.94. The molecule has 0 saturated carbocycles. The van der Waals surface area contributed by atoms with E-state index >= 15 is 0 Å². The summed E-state index contributed by atoms with van der Waals surface area (Å²) in [5, 5.41) is 23.7. The van der Waals surface area contributed by atoms with Crippen molar-refractivity contribution in [2.45, 2.75) is 13.0 Å². The standard InChI is InChI=1S/C16H16N2O4/c1-11(20)13-7-8-14(16(9-13)18(21)22)17-15(10-19)12-5-3-2-4-6-12/h2-9,15,17,19H,10H2,1H3/t15-/m1/s1. The molecule has 0 aliphatic heterocycles. The molecule has 114 valence electrons. The number of aliphatic hydroxyl groups is 1. The summed E-state index contributed by atoms with van der Waals surface area (Å²) in [4.78, 5) is 22.0. The summed E-state index contributed by atoms with van der Waals surface area (Å²) in [7, 11) is 0. The number of Topliss-reactive ketones (excluding diaryl/α,β-unsaturated/α-hetero) is 1. The minimum absolute atomic E-state index is 0.193. The molecule has 0 heterocycles. The molecular weight excluding hydrogens is 284 g/mol. The number of aliphatic hydroxyl groups excluding tert-OH is 1. The number of nitrogens with zero attached hydrogens (tertiary/aromatic N) is 1.